The fourth-order valence-electron chi connectivity index (χ4n) is 4.23. The molecule has 3 aromatic carbocycles. The third-order valence-corrected chi connectivity index (χ3v) is 5.93. The Labute approximate surface area is 201 Å². The highest BCUT2D eigenvalue weighted by Gasteiger charge is 2.21. The number of carbonyl (C=O) groups is 2. The molecule has 0 saturated carbocycles. The maximum Gasteiger partial charge on any atom is 0.412 e. The molecular weight excluding hydrogens is 446 g/mol. The minimum atomic E-state index is -0.853. The van der Waals surface area contributed by atoms with Gasteiger partial charge in [0.2, 0.25) is 0 Å². The average Bonchev–Trinajstić information content (AvgIpc) is 3.31. The Morgan fingerprint density at radius 3 is 2.71 bits per heavy atom. The minimum absolute atomic E-state index is 0.00704. The van der Waals surface area contributed by atoms with Crippen LogP contribution in [-0.2, 0) is 22.5 Å². The number of rotatable bonds is 6. The zero-order valence-corrected chi connectivity index (χ0v) is 18.9. The van der Waals surface area contributed by atoms with Gasteiger partial charge >= 0.3 is 12.1 Å². The first kappa shape index (κ1) is 22.2. The number of anilines is 2. The van der Waals surface area contributed by atoms with Gasteiger partial charge in [-0.25, -0.2) is 4.79 Å². The van der Waals surface area contributed by atoms with E-state index in [9.17, 15) is 9.59 Å². The van der Waals surface area contributed by atoms with E-state index in [2.05, 4.69) is 15.8 Å². The summed E-state index contributed by atoms with van der Waals surface area (Å²) < 4.78 is 10.9. The molecule has 1 aromatic heterocycles. The summed E-state index contributed by atoms with van der Waals surface area (Å²) in [6.45, 7) is 2.38. The van der Waals surface area contributed by atoms with Gasteiger partial charge in [0, 0.05) is 23.4 Å². The van der Waals surface area contributed by atoms with Gasteiger partial charge in [0.25, 0.3) is 0 Å². The van der Waals surface area contributed by atoms with Crippen LogP contribution in [0.1, 0.15) is 29.7 Å². The predicted octanol–water partition coefficient (Wildman–Crippen LogP) is 5.87. The summed E-state index contributed by atoms with van der Waals surface area (Å²) in [5.74, 6) is -0.435. The number of aliphatic carboxylic acids is 1. The van der Waals surface area contributed by atoms with Gasteiger partial charge in [-0.15, -0.1) is 0 Å². The van der Waals surface area contributed by atoms with E-state index in [4.69, 9.17) is 14.4 Å². The summed E-state index contributed by atoms with van der Waals surface area (Å²) in [6.07, 6.45) is 0.416. The number of hydrogen-bond acceptors (Lipinski definition) is 6. The van der Waals surface area contributed by atoms with Crippen LogP contribution in [-0.4, -0.2) is 22.3 Å². The standard InChI is InChI=1S/C27H23N3O5/c1-16(18-5-3-2-4-6-18)34-27(33)30-24-15-29-35-26(24)19-8-10-22-21-9-7-17(12-25(31)32)11-20(21)14-28-23(22)13-19/h2-11,13,15-16,28H,12,14H2,1H3,(H,30,33)(H,31,32). The van der Waals surface area contributed by atoms with Gasteiger partial charge in [0.1, 0.15) is 11.8 Å². The van der Waals surface area contributed by atoms with Crippen molar-refractivity contribution in [3.63, 3.8) is 0 Å². The molecule has 8 nitrogen and oxygen atoms in total. The number of hydrogen-bond donors (Lipinski definition) is 3. The van der Waals surface area contributed by atoms with Gasteiger partial charge in [0.15, 0.2) is 5.76 Å². The summed E-state index contributed by atoms with van der Waals surface area (Å²) in [7, 11) is 0. The van der Waals surface area contributed by atoms with Crippen LogP contribution in [0.25, 0.3) is 22.5 Å². The van der Waals surface area contributed by atoms with E-state index in [0.29, 0.717) is 18.0 Å². The normalized spacial score (nSPS) is 12.6. The van der Waals surface area contributed by atoms with Crippen LogP contribution in [0.2, 0.25) is 0 Å². The van der Waals surface area contributed by atoms with E-state index in [1.165, 1.54) is 6.20 Å². The molecule has 176 valence electrons. The number of carboxylic acids is 1. The Kier molecular flexibility index (Phi) is 5.93. The van der Waals surface area contributed by atoms with E-state index >= 15 is 0 Å². The maximum atomic E-state index is 12.5. The van der Waals surface area contributed by atoms with Crippen LogP contribution in [0.3, 0.4) is 0 Å². The Morgan fingerprint density at radius 1 is 1.11 bits per heavy atom. The smallest absolute Gasteiger partial charge is 0.412 e. The van der Waals surface area contributed by atoms with E-state index < -0.39 is 18.2 Å². The zero-order valence-electron chi connectivity index (χ0n) is 18.9. The second kappa shape index (κ2) is 9.34. The molecule has 1 aliphatic rings. The summed E-state index contributed by atoms with van der Waals surface area (Å²) in [4.78, 5) is 23.5. The van der Waals surface area contributed by atoms with Crippen molar-refractivity contribution in [2.45, 2.75) is 26.0 Å². The lowest BCUT2D eigenvalue weighted by Crippen LogP contribution is -2.16. The SMILES string of the molecule is CC(OC(=O)Nc1cnoc1-c1ccc2c(c1)NCc1cc(CC(=O)O)ccc1-2)c1ccccc1. The fraction of sp³-hybridized carbons (Fsp3) is 0.148. The van der Waals surface area contributed by atoms with Crippen LogP contribution < -0.4 is 10.6 Å². The molecule has 35 heavy (non-hydrogen) atoms. The third kappa shape index (κ3) is 4.72. The molecule has 1 atom stereocenters. The van der Waals surface area contributed by atoms with Gasteiger partial charge in [-0.2, -0.15) is 0 Å². The molecule has 0 aliphatic carbocycles. The summed E-state index contributed by atoms with van der Waals surface area (Å²) in [6, 6.07) is 21.0. The molecule has 8 heteroatoms. The first-order chi connectivity index (χ1) is 17.0. The summed E-state index contributed by atoms with van der Waals surface area (Å²) in [5, 5.41) is 19.0. The minimum Gasteiger partial charge on any atom is -0.481 e. The summed E-state index contributed by atoms with van der Waals surface area (Å²) in [5.41, 5.74) is 6.81. The van der Waals surface area contributed by atoms with Crippen molar-refractivity contribution in [1.29, 1.82) is 0 Å². The lowest BCUT2D eigenvalue weighted by atomic mass is 9.91. The van der Waals surface area contributed by atoms with Gasteiger partial charge in [-0.1, -0.05) is 65.8 Å². The predicted molar refractivity (Wildman–Crippen MR) is 131 cm³/mol. The van der Waals surface area contributed by atoms with E-state index in [1.54, 1.807) is 6.92 Å². The molecule has 0 spiro atoms. The van der Waals surface area contributed by atoms with Crippen LogP contribution in [0.4, 0.5) is 16.2 Å². The van der Waals surface area contributed by atoms with Crippen LogP contribution in [0.15, 0.2) is 77.4 Å². The largest absolute Gasteiger partial charge is 0.481 e. The highest BCUT2D eigenvalue weighted by molar-refractivity contribution is 5.92. The molecule has 0 saturated heterocycles. The number of fused-ring (bicyclic) bond motifs is 3. The highest BCUT2D eigenvalue weighted by Crippen LogP contribution is 2.39. The van der Waals surface area contributed by atoms with Gasteiger partial charge in [0.05, 0.1) is 12.6 Å². The highest BCUT2D eigenvalue weighted by atomic mass is 16.6. The Bertz CT molecular complexity index is 1400. The second-order valence-corrected chi connectivity index (χ2v) is 8.33. The first-order valence-electron chi connectivity index (χ1n) is 11.2. The van der Waals surface area contributed by atoms with Crippen LogP contribution >= 0.6 is 0 Å². The number of nitrogens with one attached hydrogen (secondary N) is 2. The van der Waals surface area contributed by atoms with Crippen molar-refractivity contribution in [1.82, 2.24) is 5.16 Å². The number of benzene rings is 3. The molecular formula is C27H23N3O5. The Balaban J connectivity index is 1.34. The molecule has 1 amide bonds. The molecule has 1 aliphatic heterocycles. The Morgan fingerprint density at radius 2 is 1.91 bits per heavy atom. The number of aromatic nitrogens is 1. The first-order valence-corrected chi connectivity index (χ1v) is 11.2. The van der Waals surface area contributed by atoms with Gasteiger partial charge < -0.3 is 19.7 Å². The van der Waals surface area contributed by atoms with E-state index in [0.717, 1.165) is 39.1 Å². The number of carbonyl (C=O) groups excluding carboxylic acids is 1. The zero-order chi connectivity index (χ0) is 24.4. The second-order valence-electron chi connectivity index (χ2n) is 8.33. The van der Waals surface area contributed by atoms with Crippen molar-refractivity contribution in [2.75, 3.05) is 10.6 Å². The average molecular weight is 469 g/mol. The Hall–Kier alpha value is -4.59. The molecule has 3 N–H and O–H groups in total. The van der Waals surface area contributed by atoms with Crippen LogP contribution in [0, 0.1) is 0 Å². The van der Waals surface area contributed by atoms with Crippen molar-refractivity contribution >= 4 is 23.4 Å². The monoisotopic (exact) mass is 469 g/mol. The van der Waals surface area contributed by atoms with Gasteiger partial charge in [-0.05, 0) is 35.2 Å². The molecule has 0 bridgehead atoms. The molecule has 0 radical (unpaired) electrons. The fourth-order valence-corrected chi connectivity index (χ4v) is 4.23. The molecule has 2 heterocycles. The topological polar surface area (TPSA) is 114 Å². The van der Waals surface area contributed by atoms with Crippen molar-refractivity contribution in [3.05, 3.63) is 89.6 Å². The van der Waals surface area contributed by atoms with Crippen molar-refractivity contribution in [3.8, 4) is 22.5 Å². The van der Waals surface area contributed by atoms with Crippen molar-refractivity contribution in [2.24, 2.45) is 0 Å². The lowest BCUT2D eigenvalue weighted by Gasteiger charge is -2.23. The quantitative estimate of drug-likeness (QED) is 0.323. The number of carboxylic acid groups (broad SMARTS) is 1. The lowest BCUT2D eigenvalue weighted by molar-refractivity contribution is -0.136. The van der Waals surface area contributed by atoms with Gasteiger partial charge in [-0.3, -0.25) is 10.1 Å². The number of nitrogens with zero attached hydrogens (tertiary/aromatic N) is 1. The molecule has 1 unspecified atom stereocenters. The third-order valence-electron chi connectivity index (χ3n) is 5.93. The summed E-state index contributed by atoms with van der Waals surface area (Å²) >= 11 is 0. The number of ether oxygens (including phenoxy) is 1. The molecule has 5 rings (SSSR count). The van der Waals surface area contributed by atoms with E-state index in [-0.39, 0.29) is 6.42 Å². The maximum absolute atomic E-state index is 12.5. The molecule has 4 aromatic rings. The van der Waals surface area contributed by atoms with Crippen molar-refractivity contribution < 1.29 is 24.0 Å². The number of amides is 1. The van der Waals surface area contributed by atoms with E-state index in [1.807, 2.05) is 66.7 Å². The molecule has 0 fully saturated rings. The van der Waals surface area contributed by atoms with Crippen LogP contribution in [0.5, 0.6) is 0 Å².